The molecule has 0 bridgehead atoms. The zero-order chi connectivity index (χ0) is 28.1. The Morgan fingerprint density at radius 1 is 0.951 bits per heavy atom. The Morgan fingerprint density at radius 3 is 2.59 bits per heavy atom. The highest BCUT2D eigenvalue weighted by atomic mass is 16.3. The Kier molecular flexibility index (Phi) is 6.46. The zero-order valence-electron chi connectivity index (χ0n) is 22.0. The van der Waals surface area contributed by atoms with Gasteiger partial charge in [0.15, 0.2) is 17.0 Å². The van der Waals surface area contributed by atoms with Gasteiger partial charge in [0.1, 0.15) is 12.2 Å². The van der Waals surface area contributed by atoms with Gasteiger partial charge in [0, 0.05) is 29.7 Å². The van der Waals surface area contributed by atoms with Crippen molar-refractivity contribution in [1.82, 2.24) is 44.1 Å². The van der Waals surface area contributed by atoms with Crippen LogP contribution >= 0.6 is 0 Å². The summed E-state index contributed by atoms with van der Waals surface area (Å²) in [6.45, 7) is -0.165. The number of pyridine rings is 1. The van der Waals surface area contributed by atoms with Gasteiger partial charge in [-0.05, 0) is 37.8 Å². The molecule has 6 unspecified atom stereocenters. The molecule has 14 heteroatoms. The summed E-state index contributed by atoms with van der Waals surface area (Å²) in [6, 6.07) is 4.39. The molecule has 14 nitrogen and oxygen atoms in total. The fraction of sp³-hybridized carbons (Fsp3) is 0.407. The zero-order valence-corrected chi connectivity index (χ0v) is 22.0. The van der Waals surface area contributed by atoms with E-state index in [1.54, 1.807) is 45.0 Å². The molecule has 0 spiro atoms. The summed E-state index contributed by atoms with van der Waals surface area (Å²) in [5, 5.41) is 54.1. The molecule has 0 saturated heterocycles. The van der Waals surface area contributed by atoms with Gasteiger partial charge in [0.25, 0.3) is 5.95 Å². The van der Waals surface area contributed by atoms with E-state index in [1.165, 1.54) is 6.20 Å². The minimum atomic E-state index is -1.12. The van der Waals surface area contributed by atoms with Gasteiger partial charge in [-0.1, -0.05) is 6.07 Å². The van der Waals surface area contributed by atoms with E-state index in [0.29, 0.717) is 35.4 Å². The molecule has 5 aromatic rings. The standard InChI is InChI=1S/C27H30N10O4/c38-13-15-9-30-36(11-15)20-8-19(23(40)24(20)41)35-14-29-22-25(32-18-5-3-6-21(18)39)33-27(34-26(22)35)37-12-16(10-31-37)17-4-1-2-7-28-17/h1-2,4,7,9-12,14,18-21,23-24,38-41H,3,5-6,8,13H2,(H,32,33,34). The number of aliphatic hydroxyl groups is 4. The maximum atomic E-state index is 11.1. The molecule has 5 N–H and O–H groups in total. The Labute approximate surface area is 234 Å². The van der Waals surface area contributed by atoms with E-state index in [4.69, 9.17) is 9.97 Å². The lowest BCUT2D eigenvalue weighted by atomic mass is 10.2. The van der Waals surface area contributed by atoms with Crippen molar-refractivity contribution in [2.45, 2.75) is 68.7 Å². The SMILES string of the molecule is OCc1cnn(C2CC(n3cnc4c(NC5CCCC5O)nc(-n5cc(-c6ccccn6)cn5)nc43)C(O)C2O)c1. The number of rotatable bonds is 7. The molecule has 2 aliphatic carbocycles. The first kappa shape index (κ1) is 25.7. The van der Waals surface area contributed by atoms with E-state index < -0.39 is 30.4 Å². The van der Waals surface area contributed by atoms with Crippen LogP contribution in [0.4, 0.5) is 5.82 Å². The van der Waals surface area contributed by atoms with Gasteiger partial charge in [-0.25, -0.2) is 9.67 Å². The average molecular weight is 559 g/mol. The summed E-state index contributed by atoms with van der Waals surface area (Å²) in [7, 11) is 0. The monoisotopic (exact) mass is 558 g/mol. The van der Waals surface area contributed by atoms with Crippen LogP contribution in [0.15, 0.2) is 55.5 Å². The van der Waals surface area contributed by atoms with E-state index >= 15 is 0 Å². The molecule has 2 aliphatic rings. The van der Waals surface area contributed by atoms with Crippen molar-refractivity contribution in [3.63, 3.8) is 0 Å². The normalized spacial score (nSPS) is 26.2. The number of aliphatic hydroxyl groups excluding tert-OH is 4. The predicted molar refractivity (Wildman–Crippen MR) is 146 cm³/mol. The second kappa shape index (κ2) is 10.3. The first-order valence-corrected chi connectivity index (χ1v) is 13.7. The average Bonchev–Trinajstić information content (AvgIpc) is 3.82. The van der Waals surface area contributed by atoms with E-state index in [-0.39, 0.29) is 18.6 Å². The predicted octanol–water partition coefficient (Wildman–Crippen LogP) is 0.996. The molecule has 5 heterocycles. The van der Waals surface area contributed by atoms with E-state index in [9.17, 15) is 20.4 Å². The fourth-order valence-electron chi connectivity index (χ4n) is 5.90. The Morgan fingerprint density at radius 2 is 1.83 bits per heavy atom. The number of anilines is 1. The largest absolute Gasteiger partial charge is 0.392 e. The highest BCUT2D eigenvalue weighted by molar-refractivity contribution is 5.84. The molecule has 0 radical (unpaired) electrons. The van der Waals surface area contributed by atoms with Gasteiger partial charge >= 0.3 is 0 Å². The minimum Gasteiger partial charge on any atom is -0.392 e. The third-order valence-electron chi connectivity index (χ3n) is 8.12. The highest BCUT2D eigenvalue weighted by Crippen LogP contribution is 2.40. The van der Waals surface area contributed by atoms with Gasteiger partial charge in [0.05, 0.1) is 55.3 Å². The number of nitrogens with zero attached hydrogens (tertiary/aromatic N) is 9. The van der Waals surface area contributed by atoms with Crippen LogP contribution in [0.2, 0.25) is 0 Å². The van der Waals surface area contributed by atoms with Gasteiger partial charge in [-0.3, -0.25) is 9.67 Å². The molecular formula is C27H30N10O4. The van der Waals surface area contributed by atoms with Crippen molar-refractivity contribution in [2.24, 2.45) is 0 Å². The lowest BCUT2D eigenvalue weighted by Crippen LogP contribution is -2.30. The number of aromatic nitrogens is 9. The van der Waals surface area contributed by atoms with Gasteiger partial charge in [0.2, 0.25) is 0 Å². The van der Waals surface area contributed by atoms with E-state index in [1.807, 2.05) is 18.2 Å². The third kappa shape index (κ3) is 4.54. The van der Waals surface area contributed by atoms with Crippen LogP contribution in [0.3, 0.4) is 0 Å². The fourth-order valence-corrected chi connectivity index (χ4v) is 5.90. The number of nitrogens with one attached hydrogen (secondary N) is 1. The molecular weight excluding hydrogens is 528 g/mol. The second-order valence-corrected chi connectivity index (χ2v) is 10.7. The van der Waals surface area contributed by atoms with Crippen molar-refractivity contribution in [1.29, 1.82) is 0 Å². The molecule has 2 fully saturated rings. The molecule has 0 aliphatic heterocycles. The first-order valence-electron chi connectivity index (χ1n) is 13.7. The maximum absolute atomic E-state index is 11.1. The first-order chi connectivity index (χ1) is 20.0. The smallest absolute Gasteiger partial charge is 0.254 e. The van der Waals surface area contributed by atoms with Crippen molar-refractivity contribution >= 4 is 17.0 Å². The Balaban J connectivity index is 1.29. The number of fused-ring (bicyclic) bond motifs is 1. The number of imidazole rings is 1. The lowest BCUT2D eigenvalue weighted by Gasteiger charge is -2.19. The second-order valence-electron chi connectivity index (χ2n) is 10.7. The van der Waals surface area contributed by atoms with Crippen molar-refractivity contribution in [3.8, 4) is 17.2 Å². The van der Waals surface area contributed by atoms with Crippen molar-refractivity contribution < 1.29 is 20.4 Å². The van der Waals surface area contributed by atoms with Crippen LogP contribution < -0.4 is 5.32 Å². The lowest BCUT2D eigenvalue weighted by molar-refractivity contribution is 0.00720. The molecule has 0 amide bonds. The number of hydrogen-bond acceptors (Lipinski definition) is 11. The molecule has 0 aromatic carbocycles. The van der Waals surface area contributed by atoms with Crippen LogP contribution in [0.25, 0.3) is 28.4 Å². The van der Waals surface area contributed by atoms with E-state index in [0.717, 1.165) is 24.1 Å². The molecule has 5 aromatic heterocycles. The molecule has 41 heavy (non-hydrogen) atoms. The van der Waals surface area contributed by atoms with Crippen molar-refractivity contribution in [2.75, 3.05) is 5.32 Å². The van der Waals surface area contributed by atoms with Crippen molar-refractivity contribution in [3.05, 3.63) is 61.1 Å². The maximum Gasteiger partial charge on any atom is 0.254 e. The van der Waals surface area contributed by atoms with Crippen LogP contribution in [-0.2, 0) is 6.61 Å². The summed E-state index contributed by atoms with van der Waals surface area (Å²) in [5.74, 6) is 0.731. The van der Waals surface area contributed by atoms with E-state index in [2.05, 4.69) is 25.5 Å². The third-order valence-corrected chi connectivity index (χ3v) is 8.12. The quantitative estimate of drug-likeness (QED) is 0.192. The van der Waals surface area contributed by atoms with Crippen LogP contribution in [0.5, 0.6) is 0 Å². The summed E-state index contributed by atoms with van der Waals surface area (Å²) in [5.41, 5.74) is 3.11. The van der Waals surface area contributed by atoms with Crippen LogP contribution in [-0.4, -0.2) is 88.8 Å². The topological polar surface area (TPSA) is 185 Å². The molecule has 2 saturated carbocycles. The summed E-state index contributed by atoms with van der Waals surface area (Å²) in [4.78, 5) is 18.5. The van der Waals surface area contributed by atoms with Gasteiger partial charge < -0.3 is 30.3 Å². The number of hydrogen-bond donors (Lipinski definition) is 5. The molecule has 212 valence electrons. The van der Waals surface area contributed by atoms with Crippen LogP contribution in [0, 0.1) is 0 Å². The molecule has 7 rings (SSSR count). The minimum absolute atomic E-state index is 0.165. The molecule has 6 atom stereocenters. The summed E-state index contributed by atoms with van der Waals surface area (Å²) < 4.78 is 4.89. The summed E-state index contributed by atoms with van der Waals surface area (Å²) in [6.07, 6.45) is 10.0. The van der Waals surface area contributed by atoms with Gasteiger partial charge in [-0.2, -0.15) is 20.2 Å². The van der Waals surface area contributed by atoms with Crippen LogP contribution in [0.1, 0.15) is 43.3 Å². The highest BCUT2D eigenvalue weighted by Gasteiger charge is 2.44. The van der Waals surface area contributed by atoms with Gasteiger partial charge in [-0.15, -0.1) is 0 Å². The summed E-state index contributed by atoms with van der Waals surface area (Å²) >= 11 is 0. The Hall–Kier alpha value is -4.24. The Bertz CT molecular complexity index is 1670.